The van der Waals surface area contributed by atoms with E-state index in [1.165, 1.54) is 12.8 Å². The topological polar surface area (TPSA) is 18.5 Å². The van der Waals surface area contributed by atoms with Gasteiger partial charge in [-0.05, 0) is 44.9 Å². The van der Waals surface area contributed by atoms with E-state index in [-0.39, 0.29) is 5.60 Å². The Morgan fingerprint density at radius 1 is 1.29 bits per heavy atom. The highest BCUT2D eigenvalue weighted by Crippen LogP contribution is 2.34. The van der Waals surface area contributed by atoms with Crippen molar-refractivity contribution >= 4 is 0 Å². The smallest absolute Gasteiger partial charge is 0.101 e. The van der Waals surface area contributed by atoms with Crippen molar-refractivity contribution in [3.05, 3.63) is 0 Å². The number of unbranched alkanes of at least 4 members (excludes halogenated alkanes) is 1. The molecule has 1 rings (SSSR count). The summed E-state index contributed by atoms with van der Waals surface area (Å²) < 4.78 is 0. The van der Waals surface area contributed by atoms with E-state index in [4.69, 9.17) is 9.78 Å². The molecule has 1 aliphatic carbocycles. The average Bonchev–Trinajstić information content (AvgIpc) is 2.18. The summed E-state index contributed by atoms with van der Waals surface area (Å²) in [6.45, 7) is 7.39. The van der Waals surface area contributed by atoms with E-state index < -0.39 is 0 Å². The Hall–Kier alpha value is -0.0800. The summed E-state index contributed by atoms with van der Waals surface area (Å²) in [7, 11) is 0. The standard InChI is InChI=1S/C12H24O2/c1-4-5-10-13-14-12(3)8-6-11(2)7-9-12/h11H,4-10H2,1-3H3. The van der Waals surface area contributed by atoms with Gasteiger partial charge in [-0.3, -0.25) is 0 Å². The van der Waals surface area contributed by atoms with Gasteiger partial charge in [0.25, 0.3) is 0 Å². The average molecular weight is 200 g/mol. The Morgan fingerprint density at radius 3 is 2.50 bits per heavy atom. The quantitative estimate of drug-likeness (QED) is 0.383. The molecule has 0 bridgehead atoms. The van der Waals surface area contributed by atoms with Crippen LogP contribution in [0.5, 0.6) is 0 Å². The summed E-state index contributed by atoms with van der Waals surface area (Å²) in [4.78, 5) is 10.8. The second kappa shape index (κ2) is 5.72. The van der Waals surface area contributed by atoms with Crippen molar-refractivity contribution < 1.29 is 9.78 Å². The molecule has 2 nitrogen and oxygen atoms in total. The van der Waals surface area contributed by atoms with Gasteiger partial charge in [-0.1, -0.05) is 20.3 Å². The molecule has 0 aromatic carbocycles. The van der Waals surface area contributed by atoms with Crippen LogP contribution in [0.4, 0.5) is 0 Å². The first-order chi connectivity index (χ1) is 6.66. The maximum Gasteiger partial charge on any atom is 0.101 e. The van der Waals surface area contributed by atoms with Gasteiger partial charge in [-0.15, -0.1) is 0 Å². The van der Waals surface area contributed by atoms with Crippen molar-refractivity contribution in [3.8, 4) is 0 Å². The lowest BCUT2D eigenvalue weighted by Crippen LogP contribution is -2.33. The molecular weight excluding hydrogens is 176 g/mol. The van der Waals surface area contributed by atoms with Gasteiger partial charge in [0.15, 0.2) is 0 Å². The molecule has 84 valence electrons. The van der Waals surface area contributed by atoms with E-state index in [1.54, 1.807) is 0 Å². The molecule has 14 heavy (non-hydrogen) atoms. The van der Waals surface area contributed by atoms with Crippen LogP contribution in [0.2, 0.25) is 0 Å². The fraction of sp³-hybridized carbons (Fsp3) is 1.00. The predicted octanol–water partition coefficient (Wildman–Crippen LogP) is 3.70. The minimum Gasteiger partial charge on any atom is -0.236 e. The minimum atomic E-state index is -0.0136. The zero-order chi connectivity index (χ0) is 10.4. The third-order valence-corrected chi connectivity index (χ3v) is 3.17. The van der Waals surface area contributed by atoms with Crippen molar-refractivity contribution in [1.82, 2.24) is 0 Å². The fourth-order valence-corrected chi connectivity index (χ4v) is 1.84. The van der Waals surface area contributed by atoms with E-state index in [2.05, 4.69) is 20.8 Å². The van der Waals surface area contributed by atoms with E-state index in [9.17, 15) is 0 Å². The lowest BCUT2D eigenvalue weighted by Gasteiger charge is -2.34. The highest BCUT2D eigenvalue weighted by Gasteiger charge is 2.31. The molecule has 0 saturated heterocycles. The molecule has 0 unspecified atom stereocenters. The minimum absolute atomic E-state index is 0.0136. The normalized spacial score (nSPS) is 33.2. The Balaban J connectivity index is 2.15. The van der Waals surface area contributed by atoms with Gasteiger partial charge in [0.05, 0.1) is 6.61 Å². The molecule has 0 heterocycles. The molecule has 1 fully saturated rings. The lowest BCUT2D eigenvalue weighted by atomic mass is 9.81. The second-order valence-electron chi connectivity index (χ2n) is 4.89. The van der Waals surface area contributed by atoms with Crippen LogP contribution in [0.1, 0.15) is 59.3 Å². The maximum atomic E-state index is 5.52. The maximum absolute atomic E-state index is 5.52. The third-order valence-electron chi connectivity index (χ3n) is 3.17. The molecule has 0 aromatic heterocycles. The molecular formula is C12H24O2. The Labute approximate surface area is 87.9 Å². The van der Waals surface area contributed by atoms with Gasteiger partial charge in [-0.2, -0.15) is 0 Å². The first-order valence-corrected chi connectivity index (χ1v) is 5.97. The van der Waals surface area contributed by atoms with Gasteiger partial charge in [-0.25, -0.2) is 9.78 Å². The molecule has 0 amide bonds. The zero-order valence-corrected chi connectivity index (χ0v) is 9.84. The van der Waals surface area contributed by atoms with Gasteiger partial charge in [0.1, 0.15) is 5.60 Å². The first kappa shape index (κ1) is 12.0. The monoisotopic (exact) mass is 200 g/mol. The molecule has 2 heteroatoms. The summed E-state index contributed by atoms with van der Waals surface area (Å²) >= 11 is 0. The van der Waals surface area contributed by atoms with Crippen molar-refractivity contribution in [3.63, 3.8) is 0 Å². The second-order valence-corrected chi connectivity index (χ2v) is 4.89. The van der Waals surface area contributed by atoms with Crippen LogP contribution in [0.15, 0.2) is 0 Å². The predicted molar refractivity (Wildman–Crippen MR) is 58.0 cm³/mol. The molecule has 0 radical (unpaired) electrons. The van der Waals surface area contributed by atoms with Gasteiger partial charge >= 0.3 is 0 Å². The van der Waals surface area contributed by atoms with Crippen LogP contribution in [-0.2, 0) is 9.78 Å². The summed E-state index contributed by atoms with van der Waals surface area (Å²) in [6, 6.07) is 0. The molecule has 0 aromatic rings. The summed E-state index contributed by atoms with van der Waals surface area (Å²) in [5, 5.41) is 0. The first-order valence-electron chi connectivity index (χ1n) is 5.97. The lowest BCUT2D eigenvalue weighted by molar-refractivity contribution is -0.364. The largest absolute Gasteiger partial charge is 0.236 e. The van der Waals surface area contributed by atoms with E-state index >= 15 is 0 Å². The molecule has 0 aliphatic heterocycles. The Kier molecular flexibility index (Phi) is 4.90. The molecule has 1 saturated carbocycles. The third kappa shape index (κ3) is 3.97. The van der Waals surface area contributed by atoms with Crippen LogP contribution < -0.4 is 0 Å². The van der Waals surface area contributed by atoms with Crippen LogP contribution in [0.3, 0.4) is 0 Å². The van der Waals surface area contributed by atoms with Crippen molar-refractivity contribution in [1.29, 1.82) is 0 Å². The Bertz CT molecular complexity index is 148. The number of hydrogen-bond acceptors (Lipinski definition) is 2. The van der Waals surface area contributed by atoms with Gasteiger partial charge in [0, 0.05) is 0 Å². The summed E-state index contributed by atoms with van der Waals surface area (Å²) in [5.41, 5.74) is -0.0136. The molecule has 0 N–H and O–H groups in total. The SMILES string of the molecule is CCCCOOC1(C)CCC(C)CC1. The van der Waals surface area contributed by atoms with Crippen molar-refractivity contribution in [2.75, 3.05) is 6.61 Å². The summed E-state index contributed by atoms with van der Waals surface area (Å²) in [6.07, 6.45) is 7.07. The fourth-order valence-electron chi connectivity index (χ4n) is 1.84. The highest BCUT2D eigenvalue weighted by molar-refractivity contribution is 4.80. The number of rotatable bonds is 5. The van der Waals surface area contributed by atoms with E-state index in [0.29, 0.717) is 0 Å². The molecule has 0 spiro atoms. The van der Waals surface area contributed by atoms with E-state index in [0.717, 1.165) is 38.2 Å². The van der Waals surface area contributed by atoms with Crippen LogP contribution in [0, 0.1) is 5.92 Å². The van der Waals surface area contributed by atoms with Crippen molar-refractivity contribution in [2.45, 2.75) is 64.9 Å². The van der Waals surface area contributed by atoms with Crippen LogP contribution >= 0.6 is 0 Å². The summed E-state index contributed by atoms with van der Waals surface area (Å²) in [5.74, 6) is 0.863. The number of hydrogen-bond donors (Lipinski definition) is 0. The van der Waals surface area contributed by atoms with Crippen molar-refractivity contribution in [2.24, 2.45) is 5.92 Å². The van der Waals surface area contributed by atoms with Gasteiger partial charge < -0.3 is 0 Å². The molecule has 0 atom stereocenters. The van der Waals surface area contributed by atoms with E-state index in [1.807, 2.05) is 0 Å². The van der Waals surface area contributed by atoms with Crippen LogP contribution in [0.25, 0.3) is 0 Å². The zero-order valence-electron chi connectivity index (χ0n) is 9.84. The highest BCUT2D eigenvalue weighted by atomic mass is 17.2. The molecule has 1 aliphatic rings. The Morgan fingerprint density at radius 2 is 1.93 bits per heavy atom. The van der Waals surface area contributed by atoms with Gasteiger partial charge in [0.2, 0.25) is 0 Å². The van der Waals surface area contributed by atoms with Crippen LogP contribution in [-0.4, -0.2) is 12.2 Å².